The number of aromatic nitrogens is 1. The number of hydrogen-bond acceptors (Lipinski definition) is 4. The van der Waals surface area contributed by atoms with Crippen molar-refractivity contribution in [3.63, 3.8) is 0 Å². The van der Waals surface area contributed by atoms with Gasteiger partial charge in [0, 0.05) is 38.0 Å². The smallest absolute Gasteiger partial charge is 0.317 e. The summed E-state index contributed by atoms with van der Waals surface area (Å²) in [5.41, 5.74) is 7.45. The monoisotopic (exact) mass is 328 g/mol. The van der Waals surface area contributed by atoms with E-state index in [2.05, 4.69) is 10.3 Å². The number of ether oxygens (including phenoxy) is 1. The number of methoxy groups -OCH3 is 1. The van der Waals surface area contributed by atoms with Crippen molar-refractivity contribution in [3.05, 3.63) is 59.3 Å². The van der Waals surface area contributed by atoms with E-state index in [-0.39, 0.29) is 6.03 Å². The van der Waals surface area contributed by atoms with Crippen LogP contribution in [-0.4, -0.2) is 36.0 Å². The van der Waals surface area contributed by atoms with Crippen LogP contribution >= 0.6 is 0 Å². The third-order valence-electron chi connectivity index (χ3n) is 3.46. The lowest BCUT2D eigenvalue weighted by molar-refractivity contribution is 0.1000. The lowest BCUT2D eigenvalue weighted by Crippen LogP contribution is -2.36. The van der Waals surface area contributed by atoms with Gasteiger partial charge in [0.25, 0.3) is 0 Å². The molecular weight excluding hydrogens is 308 g/mol. The summed E-state index contributed by atoms with van der Waals surface area (Å²) in [5.74, 6) is 0.0325. The van der Waals surface area contributed by atoms with E-state index in [1.54, 1.807) is 55.6 Å². The van der Waals surface area contributed by atoms with E-state index in [0.29, 0.717) is 24.5 Å². The van der Waals surface area contributed by atoms with Gasteiger partial charge in [-0.3, -0.25) is 4.79 Å². The Bertz CT molecular complexity index is 716. The molecule has 0 aliphatic carbocycles. The molecule has 3 N–H and O–H groups in total. The molecule has 24 heavy (non-hydrogen) atoms. The molecule has 2 rings (SSSR count). The Labute approximate surface area is 140 Å². The minimum Gasteiger partial charge on any atom is -0.481 e. The molecule has 0 fully saturated rings. The fraction of sp³-hybridized carbons (Fsp3) is 0.235. The summed E-state index contributed by atoms with van der Waals surface area (Å²) in [6.45, 7) is 0.799. The van der Waals surface area contributed by atoms with Gasteiger partial charge >= 0.3 is 6.03 Å². The van der Waals surface area contributed by atoms with Crippen molar-refractivity contribution in [3.8, 4) is 5.88 Å². The average Bonchev–Trinajstić information content (AvgIpc) is 2.60. The normalized spacial score (nSPS) is 10.1. The summed E-state index contributed by atoms with van der Waals surface area (Å²) in [6, 6.07) is 10.2. The fourth-order valence-electron chi connectivity index (χ4n) is 2.10. The van der Waals surface area contributed by atoms with Crippen molar-refractivity contribution in [1.29, 1.82) is 0 Å². The molecule has 0 unspecified atom stereocenters. The Balaban J connectivity index is 1.88. The van der Waals surface area contributed by atoms with E-state index in [0.717, 1.165) is 11.1 Å². The van der Waals surface area contributed by atoms with Crippen LogP contribution < -0.4 is 15.8 Å². The molecule has 1 heterocycles. The predicted octanol–water partition coefficient (Wildman–Crippen LogP) is 1.53. The standard InChI is InChI=1S/C17H20N4O3/c1-21(11-12-3-5-14(6-4-12)16(18)22)17(23)20-10-13-7-8-19-15(9-13)24-2/h3-9H,10-11H2,1-2H3,(H2,18,22)(H,20,23). The number of carbonyl (C=O) groups excluding carboxylic acids is 2. The Morgan fingerprint density at radius 3 is 2.54 bits per heavy atom. The number of primary amides is 1. The largest absolute Gasteiger partial charge is 0.481 e. The molecular formula is C17H20N4O3. The first kappa shape index (κ1) is 17.3. The molecule has 0 spiro atoms. The van der Waals surface area contributed by atoms with Crippen LogP contribution in [-0.2, 0) is 13.1 Å². The van der Waals surface area contributed by atoms with Gasteiger partial charge < -0.3 is 20.7 Å². The highest BCUT2D eigenvalue weighted by Gasteiger charge is 2.09. The summed E-state index contributed by atoms with van der Waals surface area (Å²) in [6.07, 6.45) is 1.63. The lowest BCUT2D eigenvalue weighted by Gasteiger charge is -2.18. The van der Waals surface area contributed by atoms with Crippen LogP contribution in [0.4, 0.5) is 4.79 Å². The minimum absolute atomic E-state index is 0.204. The minimum atomic E-state index is -0.472. The van der Waals surface area contributed by atoms with Crippen LogP contribution in [0.3, 0.4) is 0 Å². The first-order valence-electron chi connectivity index (χ1n) is 7.36. The summed E-state index contributed by atoms with van der Waals surface area (Å²) < 4.78 is 5.05. The Hall–Kier alpha value is -3.09. The molecule has 0 radical (unpaired) electrons. The van der Waals surface area contributed by atoms with Gasteiger partial charge in [-0.2, -0.15) is 0 Å². The van der Waals surface area contributed by atoms with E-state index < -0.39 is 5.91 Å². The van der Waals surface area contributed by atoms with Gasteiger partial charge in [-0.15, -0.1) is 0 Å². The topological polar surface area (TPSA) is 97.5 Å². The van der Waals surface area contributed by atoms with E-state index in [1.165, 1.54) is 0 Å². The van der Waals surface area contributed by atoms with E-state index in [9.17, 15) is 9.59 Å². The Morgan fingerprint density at radius 1 is 1.21 bits per heavy atom. The highest BCUT2D eigenvalue weighted by molar-refractivity contribution is 5.92. The maximum atomic E-state index is 12.1. The number of nitrogens with two attached hydrogens (primary N) is 1. The van der Waals surface area contributed by atoms with Crippen molar-refractivity contribution in [2.45, 2.75) is 13.1 Å². The average molecular weight is 328 g/mol. The van der Waals surface area contributed by atoms with Gasteiger partial charge in [0.2, 0.25) is 11.8 Å². The highest BCUT2D eigenvalue weighted by atomic mass is 16.5. The number of urea groups is 1. The molecule has 0 aliphatic heterocycles. The van der Waals surface area contributed by atoms with E-state index in [4.69, 9.17) is 10.5 Å². The van der Waals surface area contributed by atoms with Crippen molar-refractivity contribution in [1.82, 2.24) is 15.2 Å². The first-order valence-corrected chi connectivity index (χ1v) is 7.36. The molecule has 3 amide bonds. The van der Waals surface area contributed by atoms with E-state index >= 15 is 0 Å². The second kappa shape index (κ2) is 7.96. The zero-order valence-electron chi connectivity index (χ0n) is 13.7. The Kier molecular flexibility index (Phi) is 5.73. The quantitative estimate of drug-likeness (QED) is 0.840. The van der Waals surface area contributed by atoms with Crippen LogP contribution in [0.5, 0.6) is 5.88 Å². The van der Waals surface area contributed by atoms with Gasteiger partial charge in [0.15, 0.2) is 0 Å². The van der Waals surface area contributed by atoms with Crippen molar-refractivity contribution < 1.29 is 14.3 Å². The maximum Gasteiger partial charge on any atom is 0.317 e. The van der Waals surface area contributed by atoms with Gasteiger partial charge in [-0.1, -0.05) is 12.1 Å². The van der Waals surface area contributed by atoms with Gasteiger partial charge in [0.1, 0.15) is 0 Å². The predicted molar refractivity (Wildman–Crippen MR) is 89.5 cm³/mol. The van der Waals surface area contributed by atoms with Crippen LogP contribution in [0, 0.1) is 0 Å². The van der Waals surface area contributed by atoms with Gasteiger partial charge in [-0.25, -0.2) is 9.78 Å². The zero-order chi connectivity index (χ0) is 17.5. The number of rotatable bonds is 6. The van der Waals surface area contributed by atoms with E-state index in [1.807, 2.05) is 6.07 Å². The first-order chi connectivity index (χ1) is 11.5. The number of nitrogens with one attached hydrogen (secondary N) is 1. The lowest BCUT2D eigenvalue weighted by atomic mass is 10.1. The van der Waals surface area contributed by atoms with Crippen LogP contribution in [0.1, 0.15) is 21.5 Å². The third kappa shape index (κ3) is 4.70. The fourth-order valence-corrected chi connectivity index (χ4v) is 2.10. The van der Waals surface area contributed by atoms with Crippen molar-refractivity contribution in [2.24, 2.45) is 5.73 Å². The van der Waals surface area contributed by atoms with Crippen LogP contribution in [0.25, 0.3) is 0 Å². The number of amides is 3. The highest BCUT2D eigenvalue weighted by Crippen LogP contribution is 2.09. The number of nitrogens with zero attached hydrogens (tertiary/aromatic N) is 2. The molecule has 1 aromatic carbocycles. The molecule has 0 atom stereocenters. The molecule has 0 saturated heterocycles. The molecule has 2 aromatic rings. The summed E-state index contributed by atoms with van der Waals surface area (Å²) >= 11 is 0. The third-order valence-corrected chi connectivity index (χ3v) is 3.46. The second-order valence-electron chi connectivity index (χ2n) is 5.28. The van der Waals surface area contributed by atoms with Crippen molar-refractivity contribution >= 4 is 11.9 Å². The number of carbonyl (C=O) groups is 2. The molecule has 7 heteroatoms. The van der Waals surface area contributed by atoms with Crippen LogP contribution in [0.15, 0.2) is 42.6 Å². The number of pyridine rings is 1. The molecule has 0 saturated carbocycles. The summed E-state index contributed by atoms with van der Waals surface area (Å²) in [5, 5.41) is 2.83. The molecule has 0 bridgehead atoms. The van der Waals surface area contributed by atoms with Gasteiger partial charge in [-0.05, 0) is 29.3 Å². The number of benzene rings is 1. The maximum absolute atomic E-state index is 12.1. The Morgan fingerprint density at radius 2 is 1.92 bits per heavy atom. The molecule has 7 nitrogen and oxygen atoms in total. The molecule has 126 valence electrons. The second-order valence-corrected chi connectivity index (χ2v) is 5.28. The van der Waals surface area contributed by atoms with Gasteiger partial charge in [0.05, 0.1) is 7.11 Å². The van der Waals surface area contributed by atoms with Crippen LogP contribution in [0.2, 0.25) is 0 Å². The number of hydrogen-bond donors (Lipinski definition) is 2. The SMILES string of the molecule is COc1cc(CNC(=O)N(C)Cc2ccc(C(N)=O)cc2)ccn1. The molecule has 1 aromatic heterocycles. The summed E-state index contributed by atoms with van der Waals surface area (Å²) in [7, 11) is 3.24. The zero-order valence-corrected chi connectivity index (χ0v) is 13.7. The van der Waals surface area contributed by atoms with Crippen molar-refractivity contribution in [2.75, 3.05) is 14.2 Å². The summed E-state index contributed by atoms with van der Waals surface area (Å²) in [4.78, 5) is 28.8. The molecule has 0 aliphatic rings.